The van der Waals surface area contributed by atoms with Crippen molar-refractivity contribution < 1.29 is 4.92 Å². The molecule has 0 aliphatic heterocycles. The third-order valence-electron chi connectivity index (χ3n) is 1.12. The lowest BCUT2D eigenvalue weighted by molar-refractivity contribution is -0.387. The number of nitro groups is 1. The number of benzene rings is 1. The van der Waals surface area contributed by atoms with Gasteiger partial charge in [0.25, 0.3) is 5.69 Å². The lowest BCUT2D eigenvalue weighted by atomic mass is 10.3. The average molecular weight is 189 g/mol. The lowest BCUT2D eigenvalue weighted by Crippen LogP contribution is -1.88. The molecule has 0 heterocycles. The zero-order valence-electron chi connectivity index (χ0n) is 5.28. The van der Waals surface area contributed by atoms with Crippen molar-refractivity contribution in [3.05, 3.63) is 33.3 Å². The molecular weight excluding hydrogens is 186 g/mol. The first-order chi connectivity index (χ1) is 5.11. The Bertz CT molecular complexity index is 303. The zero-order valence-corrected chi connectivity index (χ0v) is 6.85. The predicted molar refractivity (Wildman–Crippen MR) is 44.0 cm³/mol. The van der Waals surface area contributed by atoms with E-state index in [2.05, 4.69) is 12.6 Å². The minimum atomic E-state index is -0.547. The van der Waals surface area contributed by atoms with Gasteiger partial charge in [-0.05, 0) is 12.1 Å². The van der Waals surface area contributed by atoms with Crippen LogP contribution in [0.25, 0.3) is 0 Å². The first kappa shape index (κ1) is 8.23. The lowest BCUT2D eigenvalue weighted by Gasteiger charge is -1.93. The summed E-state index contributed by atoms with van der Waals surface area (Å²) in [6.07, 6.45) is 0. The number of nitrogens with zero attached hydrogens (tertiary/aromatic N) is 1. The number of halogens is 1. The van der Waals surface area contributed by atoms with Crippen LogP contribution in [0.3, 0.4) is 0 Å². The van der Waals surface area contributed by atoms with Crippen molar-refractivity contribution in [3.63, 3.8) is 0 Å². The summed E-state index contributed by atoms with van der Waals surface area (Å²) in [7, 11) is 0. The summed E-state index contributed by atoms with van der Waals surface area (Å²) >= 11 is 10.2. The highest BCUT2D eigenvalue weighted by atomic mass is 35.5. The SMILES string of the molecule is O=[N+]([O-])c1cc(Cl)ccc1[S]. The van der Waals surface area contributed by atoms with Crippen LogP contribution in [-0.4, -0.2) is 4.92 Å². The summed E-state index contributed by atoms with van der Waals surface area (Å²) in [5.41, 5.74) is -0.118. The molecule has 3 nitrogen and oxygen atoms in total. The van der Waals surface area contributed by atoms with Crippen LogP contribution in [0, 0.1) is 10.1 Å². The molecule has 57 valence electrons. The van der Waals surface area contributed by atoms with E-state index < -0.39 is 4.92 Å². The van der Waals surface area contributed by atoms with Crippen LogP contribution >= 0.6 is 24.2 Å². The smallest absolute Gasteiger partial charge is 0.258 e. The van der Waals surface area contributed by atoms with E-state index in [-0.39, 0.29) is 10.6 Å². The van der Waals surface area contributed by atoms with Gasteiger partial charge in [-0.2, -0.15) is 0 Å². The second kappa shape index (κ2) is 3.02. The Labute approximate surface area is 73.5 Å². The van der Waals surface area contributed by atoms with E-state index in [1.807, 2.05) is 0 Å². The van der Waals surface area contributed by atoms with Crippen molar-refractivity contribution in [3.8, 4) is 0 Å². The minimum absolute atomic E-state index is 0.118. The van der Waals surface area contributed by atoms with Crippen LogP contribution in [0.2, 0.25) is 5.02 Å². The molecule has 11 heavy (non-hydrogen) atoms. The maximum atomic E-state index is 10.3. The highest BCUT2D eigenvalue weighted by Gasteiger charge is 2.11. The third-order valence-corrected chi connectivity index (χ3v) is 1.70. The third kappa shape index (κ3) is 1.78. The number of rotatable bonds is 1. The van der Waals surface area contributed by atoms with Crippen molar-refractivity contribution in [2.45, 2.75) is 4.90 Å². The predicted octanol–water partition coefficient (Wildman–Crippen LogP) is 2.80. The van der Waals surface area contributed by atoms with Crippen molar-refractivity contribution in [2.75, 3.05) is 0 Å². The van der Waals surface area contributed by atoms with Gasteiger partial charge in [0.2, 0.25) is 0 Å². The normalized spacial score (nSPS) is 9.55. The molecule has 1 aromatic carbocycles. The maximum Gasteiger partial charge on any atom is 0.288 e. The average Bonchev–Trinajstić information content (AvgIpc) is 1.94. The maximum absolute atomic E-state index is 10.3. The van der Waals surface area contributed by atoms with Gasteiger partial charge in [-0.3, -0.25) is 10.1 Å². The Morgan fingerprint density at radius 3 is 2.64 bits per heavy atom. The van der Waals surface area contributed by atoms with Crippen LogP contribution < -0.4 is 0 Å². The van der Waals surface area contributed by atoms with E-state index in [0.717, 1.165) is 0 Å². The Balaban J connectivity index is 3.23. The van der Waals surface area contributed by atoms with Gasteiger partial charge in [-0.15, -0.1) is 0 Å². The second-order valence-electron chi connectivity index (χ2n) is 1.87. The largest absolute Gasteiger partial charge is 0.288 e. The van der Waals surface area contributed by atoms with Gasteiger partial charge in [0.05, 0.1) is 4.92 Å². The second-order valence-corrected chi connectivity index (χ2v) is 2.75. The molecule has 0 N–H and O–H groups in total. The molecule has 0 spiro atoms. The Hall–Kier alpha value is -0.870. The first-order valence-electron chi connectivity index (χ1n) is 2.72. The molecule has 0 unspecified atom stereocenters. The number of hydrogen-bond donors (Lipinski definition) is 0. The van der Waals surface area contributed by atoms with Crippen molar-refractivity contribution >= 4 is 29.9 Å². The molecule has 1 radical (unpaired) electrons. The Morgan fingerprint density at radius 1 is 1.55 bits per heavy atom. The summed E-state index contributed by atoms with van der Waals surface area (Å²) in [5.74, 6) is 0. The van der Waals surface area contributed by atoms with E-state index in [9.17, 15) is 10.1 Å². The van der Waals surface area contributed by atoms with Crippen LogP contribution in [0.15, 0.2) is 23.1 Å². The Kier molecular flexibility index (Phi) is 2.26. The van der Waals surface area contributed by atoms with Crippen molar-refractivity contribution in [1.82, 2.24) is 0 Å². The topological polar surface area (TPSA) is 43.1 Å². The van der Waals surface area contributed by atoms with Crippen LogP contribution in [0.1, 0.15) is 0 Å². The molecule has 5 heteroatoms. The molecular formula is C6H3ClNO2S. The summed E-state index contributed by atoms with van der Waals surface area (Å²) in [6, 6.07) is 4.20. The fourth-order valence-electron chi connectivity index (χ4n) is 0.633. The van der Waals surface area contributed by atoms with Gasteiger partial charge in [-0.25, -0.2) is 0 Å². The molecule has 0 fully saturated rings. The molecule has 0 aliphatic carbocycles. The Morgan fingerprint density at radius 2 is 2.18 bits per heavy atom. The molecule has 0 saturated carbocycles. The summed E-state index contributed by atoms with van der Waals surface area (Å²) < 4.78 is 0. The van der Waals surface area contributed by atoms with E-state index in [0.29, 0.717) is 5.02 Å². The van der Waals surface area contributed by atoms with Crippen molar-refractivity contribution in [1.29, 1.82) is 0 Å². The van der Waals surface area contributed by atoms with E-state index in [1.54, 1.807) is 0 Å². The van der Waals surface area contributed by atoms with Crippen LogP contribution in [0.5, 0.6) is 0 Å². The molecule has 0 atom stereocenters. The zero-order chi connectivity index (χ0) is 8.43. The molecule has 1 rings (SSSR count). The fourth-order valence-corrected chi connectivity index (χ4v) is 1.00. The molecule has 0 aromatic heterocycles. The molecule has 0 saturated heterocycles. The summed E-state index contributed by atoms with van der Waals surface area (Å²) in [6.45, 7) is 0. The fraction of sp³-hybridized carbons (Fsp3) is 0. The van der Waals surface area contributed by atoms with Crippen LogP contribution in [0.4, 0.5) is 5.69 Å². The van der Waals surface area contributed by atoms with Gasteiger partial charge in [-0.1, -0.05) is 24.2 Å². The molecule has 1 aromatic rings. The quantitative estimate of drug-likeness (QED) is 0.503. The van der Waals surface area contributed by atoms with E-state index in [4.69, 9.17) is 11.6 Å². The minimum Gasteiger partial charge on any atom is -0.258 e. The number of hydrogen-bond acceptors (Lipinski definition) is 2. The number of nitro benzene ring substituents is 1. The van der Waals surface area contributed by atoms with E-state index >= 15 is 0 Å². The van der Waals surface area contributed by atoms with Gasteiger partial charge in [0, 0.05) is 11.1 Å². The van der Waals surface area contributed by atoms with Gasteiger partial charge >= 0.3 is 0 Å². The molecule has 0 aliphatic rings. The summed E-state index contributed by atoms with van der Waals surface area (Å²) in [4.78, 5) is 9.91. The van der Waals surface area contributed by atoms with Crippen LogP contribution in [-0.2, 0) is 0 Å². The highest BCUT2D eigenvalue weighted by molar-refractivity contribution is 7.80. The van der Waals surface area contributed by atoms with Gasteiger partial charge < -0.3 is 0 Å². The van der Waals surface area contributed by atoms with E-state index in [1.165, 1.54) is 18.2 Å². The first-order valence-corrected chi connectivity index (χ1v) is 3.51. The highest BCUT2D eigenvalue weighted by Crippen LogP contribution is 2.25. The summed E-state index contributed by atoms with van der Waals surface area (Å²) in [5, 5.41) is 10.6. The molecule has 0 amide bonds. The van der Waals surface area contributed by atoms with Gasteiger partial charge in [0.15, 0.2) is 0 Å². The van der Waals surface area contributed by atoms with Gasteiger partial charge in [0.1, 0.15) is 4.90 Å². The molecule has 0 bridgehead atoms. The monoisotopic (exact) mass is 188 g/mol. The standard InChI is InChI=1S/C6H3ClNO2S/c7-4-1-2-6(11)5(3-4)8(9)10/h1-3H. The van der Waals surface area contributed by atoms with Crippen molar-refractivity contribution in [2.24, 2.45) is 0 Å².